The third-order valence-electron chi connectivity index (χ3n) is 5.02. The number of Topliss-reactive ketones (excluding diaryl/α,β-unsaturated/α-hetero) is 1. The number of carbonyl (C=O) groups is 2. The molecule has 0 aromatic heterocycles. The van der Waals surface area contributed by atoms with Gasteiger partial charge < -0.3 is 14.7 Å². The molecular weight excluding hydrogens is 344 g/mol. The largest absolute Gasteiger partial charge is 0.503 e. The summed E-state index contributed by atoms with van der Waals surface area (Å²) < 4.78 is 5.29. The normalized spacial score (nSPS) is 17.6. The zero-order chi connectivity index (χ0) is 20.3. The van der Waals surface area contributed by atoms with E-state index >= 15 is 0 Å². The lowest BCUT2D eigenvalue weighted by molar-refractivity contribution is -0.129. The molecule has 1 atom stereocenters. The summed E-state index contributed by atoms with van der Waals surface area (Å²) in [6.07, 6.45) is 0. The van der Waals surface area contributed by atoms with Crippen molar-refractivity contribution < 1.29 is 19.4 Å². The molecule has 0 saturated carbocycles. The number of hydrogen-bond acceptors (Lipinski definition) is 5. The molecule has 0 saturated heterocycles. The van der Waals surface area contributed by atoms with E-state index in [4.69, 9.17) is 4.74 Å². The summed E-state index contributed by atoms with van der Waals surface area (Å²) >= 11 is 0. The Morgan fingerprint density at radius 2 is 1.89 bits per heavy atom. The van der Waals surface area contributed by atoms with Crippen LogP contribution in [0.3, 0.4) is 0 Å². The molecule has 0 spiro atoms. The molecule has 2 rings (SSSR count). The van der Waals surface area contributed by atoms with E-state index in [1.807, 2.05) is 12.1 Å². The molecule has 1 N–H and O–H groups in total. The van der Waals surface area contributed by atoms with E-state index in [0.29, 0.717) is 30.9 Å². The molecule has 0 bridgehead atoms. The van der Waals surface area contributed by atoms with Crippen LogP contribution in [0.25, 0.3) is 0 Å². The molecule has 1 aliphatic heterocycles. The molecule has 1 heterocycles. The van der Waals surface area contributed by atoms with Crippen LogP contribution in [0.2, 0.25) is 0 Å². The molecule has 1 aliphatic rings. The molecular formula is C21H30N2O4. The fourth-order valence-electron chi connectivity index (χ4n) is 3.74. The molecule has 0 radical (unpaired) electrons. The average molecular weight is 374 g/mol. The maximum absolute atomic E-state index is 12.7. The SMILES string of the molecule is COc1cccc([C@@H]2C(C(C)=O)=C(O)C(=O)N2CCN(C(C)C)C(C)C)c1. The molecule has 1 aromatic carbocycles. The van der Waals surface area contributed by atoms with E-state index in [-0.39, 0.29) is 11.4 Å². The van der Waals surface area contributed by atoms with E-state index in [0.717, 1.165) is 5.56 Å². The molecule has 0 fully saturated rings. The van der Waals surface area contributed by atoms with Gasteiger partial charge >= 0.3 is 0 Å². The minimum Gasteiger partial charge on any atom is -0.503 e. The zero-order valence-electron chi connectivity index (χ0n) is 17.0. The van der Waals surface area contributed by atoms with Crippen molar-refractivity contribution >= 4 is 11.7 Å². The van der Waals surface area contributed by atoms with Gasteiger partial charge in [0.2, 0.25) is 0 Å². The van der Waals surface area contributed by atoms with Crippen molar-refractivity contribution in [3.63, 3.8) is 0 Å². The van der Waals surface area contributed by atoms with Gasteiger partial charge in [-0.2, -0.15) is 0 Å². The highest BCUT2D eigenvalue weighted by atomic mass is 16.5. The van der Waals surface area contributed by atoms with Crippen LogP contribution in [0.4, 0.5) is 0 Å². The fourth-order valence-corrected chi connectivity index (χ4v) is 3.74. The Hall–Kier alpha value is -2.34. The molecule has 6 heteroatoms. The number of hydrogen-bond donors (Lipinski definition) is 1. The number of amides is 1. The Kier molecular flexibility index (Phi) is 6.65. The van der Waals surface area contributed by atoms with Crippen LogP contribution < -0.4 is 4.74 Å². The van der Waals surface area contributed by atoms with Crippen LogP contribution in [0.5, 0.6) is 5.75 Å². The standard InChI is InChI=1S/C21H30N2O4/c1-13(2)22(14(3)4)10-11-23-19(16-8-7-9-17(12-16)27-6)18(15(5)24)20(25)21(23)26/h7-9,12-14,19,25H,10-11H2,1-6H3/t19-/m1/s1. The summed E-state index contributed by atoms with van der Waals surface area (Å²) in [6.45, 7) is 10.9. The first-order valence-corrected chi connectivity index (χ1v) is 9.33. The first-order valence-electron chi connectivity index (χ1n) is 9.33. The number of benzene rings is 1. The quantitative estimate of drug-likeness (QED) is 0.757. The van der Waals surface area contributed by atoms with Gasteiger partial charge in [0, 0.05) is 25.2 Å². The Bertz CT molecular complexity index is 731. The lowest BCUT2D eigenvalue weighted by Gasteiger charge is -2.34. The first kappa shape index (κ1) is 21.0. The second-order valence-corrected chi connectivity index (χ2v) is 7.42. The van der Waals surface area contributed by atoms with Gasteiger partial charge in [0.15, 0.2) is 11.5 Å². The molecule has 6 nitrogen and oxygen atoms in total. The molecule has 0 unspecified atom stereocenters. The smallest absolute Gasteiger partial charge is 0.290 e. The van der Waals surface area contributed by atoms with Gasteiger partial charge in [0.25, 0.3) is 5.91 Å². The average Bonchev–Trinajstić information content (AvgIpc) is 2.86. The lowest BCUT2D eigenvalue weighted by Crippen LogP contribution is -2.44. The number of aliphatic hydroxyl groups is 1. The van der Waals surface area contributed by atoms with Crippen LogP contribution in [0.15, 0.2) is 35.6 Å². The summed E-state index contributed by atoms with van der Waals surface area (Å²) in [6, 6.07) is 7.32. The number of carbonyl (C=O) groups excluding carboxylic acids is 2. The van der Waals surface area contributed by atoms with Gasteiger partial charge in [-0.25, -0.2) is 0 Å². The topological polar surface area (TPSA) is 70.1 Å². The monoisotopic (exact) mass is 374 g/mol. The molecule has 0 aliphatic carbocycles. The van der Waals surface area contributed by atoms with Crippen LogP contribution in [-0.2, 0) is 9.59 Å². The van der Waals surface area contributed by atoms with Crippen molar-refractivity contribution in [2.24, 2.45) is 0 Å². The third-order valence-corrected chi connectivity index (χ3v) is 5.02. The second kappa shape index (κ2) is 8.57. The Morgan fingerprint density at radius 1 is 1.26 bits per heavy atom. The van der Waals surface area contributed by atoms with Crippen LogP contribution in [0.1, 0.15) is 46.2 Å². The van der Waals surface area contributed by atoms with E-state index in [1.165, 1.54) is 6.92 Å². The Labute approximate surface area is 161 Å². The van der Waals surface area contributed by atoms with Gasteiger partial charge in [-0.15, -0.1) is 0 Å². The van der Waals surface area contributed by atoms with Crippen molar-refractivity contribution in [3.05, 3.63) is 41.2 Å². The summed E-state index contributed by atoms with van der Waals surface area (Å²) in [5.41, 5.74) is 0.895. The van der Waals surface area contributed by atoms with Gasteiger partial charge in [-0.1, -0.05) is 12.1 Å². The molecule has 1 amide bonds. The van der Waals surface area contributed by atoms with Crippen molar-refractivity contribution in [2.75, 3.05) is 20.2 Å². The highest BCUT2D eigenvalue weighted by Crippen LogP contribution is 2.38. The zero-order valence-corrected chi connectivity index (χ0v) is 17.0. The number of aliphatic hydroxyl groups excluding tert-OH is 1. The number of methoxy groups -OCH3 is 1. The summed E-state index contributed by atoms with van der Waals surface area (Å²) in [5, 5.41) is 10.4. The number of nitrogens with zero attached hydrogens (tertiary/aromatic N) is 2. The van der Waals surface area contributed by atoms with Crippen LogP contribution in [0, 0.1) is 0 Å². The minimum atomic E-state index is -0.605. The summed E-state index contributed by atoms with van der Waals surface area (Å²) in [5.74, 6) is -0.614. The van der Waals surface area contributed by atoms with E-state index in [2.05, 4.69) is 32.6 Å². The number of ether oxygens (including phenoxy) is 1. The predicted molar refractivity (Wildman–Crippen MR) is 105 cm³/mol. The van der Waals surface area contributed by atoms with Crippen molar-refractivity contribution in [1.29, 1.82) is 0 Å². The molecule has 27 heavy (non-hydrogen) atoms. The lowest BCUT2D eigenvalue weighted by atomic mass is 9.96. The fraction of sp³-hybridized carbons (Fsp3) is 0.524. The Morgan fingerprint density at radius 3 is 2.41 bits per heavy atom. The highest BCUT2D eigenvalue weighted by Gasteiger charge is 2.42. The first-order chi connectivity index (χ1) is 12.7. The maximum atomic E-state index is 12.7. The van der Waals surface area contributed by atoms with Crippen LogP contribution >= 0.6 is 0 Å². The maximum Gasteiger partial charge on any atom is 0.290 e. The van der Waals surface area contributed by atoms with E-state index in [9.17, 15) is 14.7 Å². The van der Waals surface area contributed by atoms with E-state index < -0.39 is 17.7 Å². The highest BCUT2D eigenvalue weighted by molar-refractivity contribution is 6.08. The molecule has 1 aromatic rings. The van der Waals surface area contributed by atoms with E-state index in [1.54, 1.807) is 24.1 Å². The van der Waals surface area contributed by atoms with Gasteiger partial charge in [-0.05, 0) is 52.3 Å². The number of rotatable bonds is 8. The van der Waals surface area contributed by atoms with Gasteiger partial charge in [0.05, 0.1) is 18.7 Å². The van der Waals surface area contributed by atoms with Gasteiger partial charge in [-0.3, -0.25) is 14.5 Å². The second-order valence-electron chi connectivity index (χ2n) is 7.42. The third kappa shape index (κ3) is 4.33. The predicted octanol–water partition coefficient (Wildman–Crippen LogP) is 3.10. The van der Waals surface area contributed by atoms with Crippen molar-refractivity contribution in [3.8, 4) is 5.75 Å². The van der Waals surface area contributed by atoms with Crippen LogP contribution in [-0.4, -0.2) is 58.9 Å². The summed E-state index contributed by atoms with van der Waals surface area (Å²) in [4.78, 5) is 28.8. The Balaban J connectivity index is 2.39. The summed E-state index contributed by atoms with van der Waals surface area (Å²) in [7, 11) is 1.57. The van der Waals surface area contributed by atoms with Crippen molar-refractivity contribution in [1.82, 2.24) is 9.80 Å². The molecule has 148 valence electrons. The number of ketones is 1. The van der Waals surface area contributed by atoms with Gasteiger partial charge in [0.1, 0.15) is 5.75 Å². The minimum absolute atomic E-state index is 0.147. The van der Waals surface area contributed by atoms with Crippen molar-refractivity contribution in [2.45, 2.75) is 52.7 Å².